The van der Waals surface area contributed by atoms with Crippen LogP contribution >= 0.6 is 0 Å². The second kappa shape index (κ2) is 12.9. The number of aliphatic hydroxyl groups excluding tert-OH is 2. The van der Waals surface area contributed by atoms with E-state index >= 15 is 0 Å². The molecule has 27 heavy (non-hydrogen) atoms. The Labute approximate surface area is 160 Å². The van der Waals surface area contributed by atoms with Crippen molar-refractivity contribution >= 4 is 11.8 Å². The van der Waals surface area contributed by atoms with Crippen molar-refractivity contribution in [2.24, 2.45) is 0 Å². The molecular weight excluding hydrogens is 348 g/mol. The van der Waals surface area contributed by atoms with Gasteiger partial charge in [0, 0.05) is 18.9 Å². The average Bonchev–Trinajstić information content (AvgIpc) is 2.57. The number of rotatable bonds is 14. The van der Waals surface area contributed by atoms with Crippen molar-refractivity contribution in [3.63, 3.8) is 0 Å². The zero-order valence-electron chi connectivity index (χ0n) is 15.6. The average molecular weight is 378 g/mol. The minimum absolute atomic E-state index is 0.0187. The van der Waals surface area contributed by atoms with E-state index in [9.17, 15) is 24.9 Å². The lowest BCUT2D eigenvalue weighted by atomic mass is 10.0. The number of carboxylic acid groups (broad SMARTS) is 1. The quantitative estimate of drug-likeness (QED) is 0.222. The molecule has 6 nitrogen and oxygen atoms in total. The number of carbonyl (C=O) groups excluding carboxylic acids is 1. The number of carboxylic acids is 1. The van der Waals surface area contributed by atoms with Gasteiger partial charge in [-0.25, -0.2) is 0 Å². The van der Waals surface area contributed by atoms with Gasteiger partial charge in [0.1, 0.15) is 5.75 Å². The number of aromatic hydroxyl groups is 1. The highest BCUT2D eigenvalue weighted by molar-refractivity contribution is 5.90. The van der Waals surface area contributed by atoms with E-state index in [1.807, 2.05) is 12.1 Å². The van der Waals surface area contributed by atoms with Gasteiger partial charge in [0.15, 0.2) is 5.78 Å². The maximum Gasteiger partial charge on any atom is 0.305 e. The predicted octanol–water partition coefficient (Wildman–Crippen LogP) is 3.90. The third kappa shape index (κ3) is 11.8. The number of aliphatic hydroxyl groups is 2. The third-order valence-corrected chi connectivity index (χ3v) is 4.26. The molecule has 0 aliphatic heterocycles. The lowest BCUT2D eigenvalue weighted by molar-refractivity contribution is -0.139. The van der Waals surface area contributed by atoms with Crippen molar-refractivity contribution < 1.29 is 30.0 Å². The predicted molar refractivity (Wildman–Crippen MR) is 103 cm³/mol. The lowest BCUT2D eigenvalue weighted by Gasteiger charge is -2.05. The SMILES string of the molecule is O=C(O)C[C@H](O)CC(=O)/C=C(\O)CCCCCCCCc1ccc(O)cc1. The van der Waals surface area contributed by atoms with Gasteiger partial charge in [0.05, 0.1) is 18.3 Å². The summed E-state index contributed by atoms with van der Waals surface area (Å²) in [5.74, 6) is -1.36. The monoisotopic (exact) mass is 378 g/mol. The van der Waals surface area contributed by atoms with Crippen LogP contribution < -0.4 is 0 Å². The molecule has 0 aliphatic rings. The summed E-state index contributed by atoms with van der Waals surface area (Å²) in [5, 5.41) is 36.9. The molecule has 0 unspecified atom stereocenters. The Balaban J connectivity index is 2.05. The molecule has 1 atom stereocenters. The molecular formula is C21H30O6. The summed E-state index contributed by atoms with van der Waals surface area (Å²) in [6, 6.07) is 7.28. The van der Waals surface area contributed by atoms with Crippen molar-refractivity contribution in [1.29, 1.82) is 0 Å². The Morgan fingerprint density at radius 2 is 1.48 bits per heavy atom. The van der Waals surface area contributed by atoms with E-state index in [2.05, 4.69) is 0 Å². The molecule has 0 heterocycles. The fourth-order valence-electron chi connectivity index (χ4n) is 2.83. The highest BCUT2D eigenvalue weighted by Crippen LogP contribution is 2.14. The number of unbranched alkanes of at least 4 members (excludes halogenated alkanes) is 5. The van der Waals surface area contributed by atoms with Gasteiger partial charge in [0.2, 0.25) is 0 Å². The zero-order valence-corrected chi connectivity index (χ0v) is 15.6. The van der Waals surface area contributed by atoms with E-state index in [1.54, 1.807) is 12.1 Å². The first-order chi connectivity index (χ1) is 12.9. The van der Waals surface area contributed by atoms with Crippen LogP contribution in [-0.2, 0) is 16.0 Å². The number of hydrogen-bond acceptors (Lipinski definition) is 5. The molecule has 1 aromatic carbocycles. The molecule has 0 fully saturated rings. The fraction of sp³-hybridized carbons (Fsp3) is 0.524. The number of phenolic OH excluding ortho intramolecular Hbond substituents is 1. The number of ketones is 1. The first-order valence-electron chi connectivity index (χ1n) is 9.47. The first-order valence-corrected chi connectivity index (χ1v) is 9.47. The summed E-state index contributed by atoms with van der Waals surface area (Å²) in [5.41, 5.74) is 1.22. The van der Waals surface area contributed by atoms with E-state index in [-0.39, 0.29) is 17.9 Å². The van der Waals surface area contributed by atoms with Crippen LogP contribution in [0.25, 0.3) is 0 Å². The molecule has 0 spiro atoms. The Kier molecular flexibility index (Phi) is 10.9. The fourth-order valence-corrected chi connectivity index (χ4v) is 2.83. The van der Waals surface area contributed by atoms with Crippen molar-refractivity contribution in [2.75, 3.05) is 0 Å². The van der Waals surface area contributed by atoms with Crippen molar-refractivity contribution in [3.8, 4) is 5.75 Å². The van der Waals surface area contributed by atoms with Gasteiger partial charge in [-0.2, -0.15) is 0 Å². The Morgan fingerprint density at radius 1 is 0.889 bits per heavy atom. The normalized spacial score (nSPS) is 12.7. The zero-order chi connectivity index (χ0) is 20.1. The molecule has 0 amide bonds. The van der Waals surface area contributed by atoms with Crippen LogP contribution in [-0.4, -0.2) is 38.3 Å². The van der Waals surface area contributed by atoms with Crippen LogP contribution in [0.1, 0.15) is 63.4 Å². The number of hydrogen-bond donors (Lipinski definition) is 4. The van der Waals surface area contributed by atoms with Gasteiger partial charge in [-0.05, 0) is 37.0 Å². The summed E-state index contributed by atoms with van der Waals surface area (Å²) < 4.78 is 0. The maximum absolute atomic E-state index is 11.6. The van der Waals surface area contributed by atoms with E-state index in [1.165, 1.54) is 5.56 Å². The number of aliphatic carboxylic acids is 1. The molecule has 0 bridgehead atoms. The maximum atomic E-state index is 11.6. The van der Waals surface area contributed by atoms with Crippen LogP contribution in [0, 0.1) is 0 Å². The van der Waals surface area contributed by atoms with Crippen LogP contribution in [0.3, 0.4) is 0 Å². The molecule has 4 N–H and O–H groups in total. The van der Waals surface area contributed by atoms with Crippen molar-refractivity contribution in [2.45, 2.75) is 70.3 Å². The minimum atomic E-state index is -1.22. The van der Waals surface area contributed by atoms with E-state index in [0.717, 1.165) is 51.0 Å². The topological polar surface area (TPSA) is 115 Å². The summed E-state index contributed by atoms with van der Waals surface area (Å²) in [6.07, 6.45) is 6.66. The standard InChI is InChI=1S/C21H30O6/c22-17-11-9-16(10-12-17)7-5-3-1-2-4-6-8-18(23)13-19(24)14-20(25)15-21(26)27/h9-13,20,22-23,25H,1-8,14-15H2,(H,26,27)/b18-13-/t20-/m1/s1. The molecule has 0 saturated carbocycles. The molecule has 150 valence electrons. The third-order valence-electron chi connectivity index (χ3n) is 4.26. The number of allylic oxidation sites excluding steroid dienone is 2. The van der Waals surface area contributed by atoms with E-state index < -0.39 is 24.3 Å². The largest absolute Gasteiger partial charge is 0.512 e. The van der Waals surface area contributed by atoms with Crippen molar-refractivity contribution in [1.82, 2.24) is 0 Å². The Bertz CT molecular complexity index is 606. The summed E-state index contributed by atoms with van der Waals surface area (Å²) >= 11 is 0. The molecule has 0 aliphatic carbocycles. The molecule has 0 saturated heterocycles. The highest BCUT2D eigenvalue weighted by atomic mass is 16.4. The molecule has 0 radical (unpaired) electrons. The number of aryl methyl sites for hydroxylation is 1. The highest BCUT2D eigenvalue weighted by Gasteiger charge is 2.13. The van der Waals surface area contributed by atoms with E-state index in [4.69, 9.17) is 5.11 Å². The first kappa shape index (κ1) is 22.7. The molecule has 1 aromatic rings. The number of phenols is 1. The Morgan fingerprint density at radius 3 is 2.11 bits per heavy atom. The minimum Gasteiger partial charge on any atom is -0.512 e. The number of carbonyl (C=O) groups is 2. The molecule has 6 heteroatoms. The van der Waals surface area contributed by atoms with Gasteiger partial charge in [-0.3, -0.25) is 9.59 Å². The lowest BCUT2D eigenvalue weighted by Crippen LogP contribution is -2.16. The second-order valence-corrected chi connectivity index (χ2v) is 6.85. The summed E-state index contributed by atoms with van der Waals surface area (Å²) in [7, 11) is 0. The van der Waals surface area contributed by atoms with Crippen LogP contribution in [0.4, 0.5) is 0 Å². The Hall–Kier alpha value is -2.34. The van der Waals surface area contributed by atoms with Crippen LogP contribution in [0.5, 0.6) is 5.75 Å². The van der Waals surface area contributed by atoms with Crippen molar-refractivity contribution in [3.05, 3.63) is 41.7 Å². The van der Waals surface area contributed by atoms with Gasteiger partial charge in [-0.1, -0.05) is 37.8 Å². The van der Waals surface area contributed by atoms with Gasteiger partial charge in [0.25, 0.3) is 0 Å². The summed E-state index contributed by atoms with van der Waals surface area (Å²) in [4.78, 5) is 22.0. The van der Waals surface area contributed by atoms with Gasteiger partial charge < -0.3 is 20.4 Å². The second-order valence-electron chi connectivity index (χ2n) is 6.85. The van der Waals surface area contributed by atoms with Gasteiger partial charge >= 0.3 is 5.97 Å². The molecule has 0 aromatic heterocycles. The smallest absolute Gasteiger partial charge is 0.305 e. The number of benzene rings is 1. The van der Waals surface area contributed by atoms with Crippen LogP contribution in [0.2, 0.25) is 0 Å². The van der Waals surface area contributed by atoms with Crippen LogP contribution in [0.15, 0.2) is 36.1 Å². The van der Waals surface area contributed by atoms with Gasteiger partial charge in [-0.15, -0.1) is 0 Å². The van der Waals surface area contributed by atoms with E-state index in [0.29, 0.717) is 6.42 Å². The molecule has 1 rings (SSSR count). The summed E-state index contributed by atoms with van der Waals surface area (Å²) in [6.45, 7) is 0.